The summed E-state index contributed by atoms with van der Waals surface area (Å²) in [5.74, 6) is -1.90. The van der Waals surface area contributed by atoms with Crippen molar-refractivity contribution in [1.29, 1.82) is 0 Å². The maximum Gasteiger partial charge on any atom is 0.226 e. The Balaban J connectivity index is 1.95. The number of hydrogen-bond donors (Lipinski definition) is 3. The summed E-state index contributed by atoms with van der Waals surface area (Å²) in [5, 5.41) is 16.2. The van der Waals surface area contributed by atoms with E-state index in [1.807, 2.05) is 0 Å². The molecule has 1 atom stereocenters. The Bertz CT molecular complexity index is 351. The second-order valence-corrected chi connectivity index (χ2v) is 5.54. The van der Waals surface area contributed by atoms with Gasteiger partial charge in [0.15, 0.2) is 0 Å². The summed E-state index contributed by atoms with van der Waals surface area (Å²) in [7, 11) is 0. The van der Waals surface area contributed by atoms with Gasteiger partial charge in [0, 0.05) is 25.8 Å². The Labute approximate surface area is 113 Å². The van der Waals surface area contributed by atoms with E-state index in [2.05, 4.69) is 10.6 Å². The lowest BCUT2D eigenvalue weighted by molar-refractivity contribution is -0.172. The molecule has 2 heterocycles. The highest BCUT2D eigenvalue weighted by molar-refractivity contribution is 5.81. The molecule has 0 aromatic rings. The molecular formula is C13H23N3O3. The van der Waals surface area contributed by atoms with E-state index in [9.17, 15) is 14.7 Å². The fourth-order valence-corrected chi connectivity index (χ4v) is 2.75. The van der Waals surface area contributed by atoms with E-state index in [-0.39, 0.29) is 17.7 Å². The van der Waals surface area contributed by atoms with Crippen molar-refractivity contribution in [2.75, 3.05) is 19.6 Å². The minimum Gasteiger partial charge on any atom is -0.354 e. The first-order valence-electron chi connectivity index (χ1n) is 7.06. The van der Waals surface area contributed by atoms with Crippen LogP contribution in [0.4, 0.5) is 0 Å². The van der Waals surface area contributed by atoms with Gasteiger partial charge in [-0.05, 0) is 38.8 Å². The maximum atomic E-state index is 12.1. The molecule has 6 nitrogen and oxygen atoms in total. The molecule has 0 aromatic heterocycles. The van der Waals surface area contributed by atoms with Gasteiger partial charge in [0.05, 0.1) is 0 Å². The summed E-state index contributed by atoms with van der Waals surface area (Å²) in [5.41, 5.74) is 0. The van der Waals surface area contributed by atoms with Crippen LogP contribution in [-0.4, -0.2) is 47.3 Å². The summed E-state index contributed by atoms with van der Waals surface area (Å²) in [4.78, 5) is 25.3. The van der Waals surface area contributed by atoms with Gasteiger partial charge in [-0.3, -0.25) is 14.5 Å². The Morgan fingerprint density at radius 1 is 1.42 bits per heavy atom. The van der Waals surface area contributed by atoms with E-state index in [1.54, 1.807) is 0 Å². The number of piperidine rings is 2. The smallest absolute Gasteiger partial charge is 0.226 e. The van der Waals surface area contributed by atoms with Gasteiger partial charge in [0.1, 0.15) is 0 Å². The number of aliphatic hydroxyl groups is 1. The SMILES string of the molecule is CC(O)(NC(=O)C1CCNCC1)N1CCCCC1=O. The lowest BCUT2D eigenvalue weighted by Crippen LogP contribution is -2.62. The molecule has 6 heteroatoms. The molecule has 2 saturated heterocycles. The molecule has 0 aliphatic carbocycles. The second kappa shape index (κ2) is 5.88. The molecule has 0 bridgehead atoms. The van der Waals surface area contributed by atoms with Crippen molar-refractivity contribution in [1.82, 2.24) is 15.5 Å². The number of likely N-dealkylation sites (tertiary alicyclic amines) is 1. The van der Waals surface area contributed by atoms with Crippen LogP contribution in [0.25, 0.3) is 0 Å². The highest BCUT2D eigenvalue weighted by Crippen LogP contribution is 2.19. The average molecular weight is 269 g/mol. The normalized spacial score (nSPS) is 24.9. The lowest BCUT2D eigenvalue weighted by Gasteiger charge is -2.40. The number of carbonyl (C=O) groups excluding carboxylic acids is 2. The summed E-state index contributed by atoms with van der Waals surface area (Å²) in [6.07, 6.45) is 3.71. The Kier molecular flexibility index (Phi) is 4.42. The molecule has 2 aliphatic rings. The molecule has 0 spiro atoms. The molecule has 0 radical (unpaired) electrons. The van der Waals surface area contributed by atoms with Crippen LogP contribution in [0.5, 0.6) is 0 Å². The maximum absolute atomic E-state index is 12.1. The van der Waals surface area contributed by atoms with Gasteiger partial charge in [0.25, 0.3) is 0 Å². The van der Waals surface area contributed by atoms with Crippen LogP contribution in [0.3, 0.4) is 0 Å². The van der Waals surface area contributed by atoms with E-state index in [4.69, 9.17) is 0 Å². The summed E-state index contributed by atoms with van der Waals surface area (Å²) < 4.78 is 0. The van der Waals surface area contributed by atoms with Gasteiger partial charge in [-0.1, -0.05) is 0 Å². The summed E-state index contributed by atoms with van der Waals surface area (Å²) in [6.45, 7) is 3.62. The standard InChI is InChI=1S/C13H23N3O3/c1-13(19,16-9-3-2-4-11(16)17)15-12(18)10-5-7-14-8-6-10/h10,14,19H,2-9H2,1H3,(H,15,18). The zero-order chi connectivity index (χ0) is 13.9. The third kappa shape index (κ3) is 3.45. The first-order valence-corrected chi connectivity index (χ1v) is 7.06. The molecule has 1 unspecified atom stereocenters. The predicted molar refractivity (Wildman–Crippen MR) is 69.9 cm³/mol. The first-order chi connectivity index (χ1) is 9.00. The van der Waals surface area contributed by atoms with Crippen molar-refractivity contribution >= 4 is 11.8 Å². The molecule has 2 fully saturated rings. The monoisotopic (exact) mass is 269 g/mol. The number of nitrogens with one attached hydrogen (secondary N) is 2. The fraction of sp³-hybridized carbons (Fsp3) is 0.846. The number of amides is 2. The van der Waals surface area contributed by atoms with Crippen molar-refractivity contribution in [2.45, 2.75) is 44.9 Å². The highest BCUT2D eigenvalue weighted by Gasteiger charge is 2.37. The fourth-order valence-electron chi connectivity index (χ4n) is 2.75. The van der Waals surface area contributed by atoms with E-state index in [0.717, 1.165) is 38.8 Å². The minimum atomic E-state index is -1.57. The van der Waals surface area contributed by atoms with E-state index in [0.29, 0.717) is 13.0 Å². The quantitative estimate of drug-likeness (QED) is 0.619. The molecule has 3 N–H and O–H groups in total. The van der Waals surface area contributed by atoms with Gasteiger partial charge in [-0.15, -0.1) is 0 Å². The van der Waals surface area contributed by atoms with Crippen LogP contribution in [0.1, 0.15) is 39.0 Å². The zero-order valence-electron chi connectivity index (χ0n) is 11.4. The van der Waals surface area contributed by atoms with Gasteiger partial charge >= 0.3 is 0 Å². The lowest BCUT2D eigenvalue weighted by atomic mass is 9.97. The van der Waals surface area contributed by atoms with Crippen molar-refractivity contribution in [3.8, 4) is 0 Å². The Hall–Kier alpha value is -1.14. The second-order valence-electron chi connectivity index (χ2n) is 5.54. The van der Waals surface area contributed by atoms with Gasteiger partial charge < -0.3 is 15.7 Å². The first kappa shape index (κ1) is 14.3. The van der Waals surface area contributed by atoms with Gasteiger partial charge in [0.2, 0.25) is 17.7 Å². The molecule has 2 aliphatic heterocycles. The van der Waals surface area contributed by atoms with Crippen molar-refractivity contribution in [3.05, 3.63) is 0 Å². The van der Waals surface area contributed by atoms with Crippen LogP contribution in [-0.2, 0) is 9.59 Å². The van der Waals surface area contributed by atoms with Crippen LogP contribution in [0.2, 0.25) is 0 Å². The zero-order valence-corrected chi connectivity index (χ0v) is 11.4. The van der Waals surface area contributed by atoms with Gasteiger partial charge in [-0.2, -0.15) is 0 Å². The predicted octanol–water partition coefficient (Wildman–Crippen LogP) is -0.219. The van der Waals surface area contributed by atoms with E-state index < -0.39 is 5.85 Å². The molecular weight excluding hydrogens is 246 g/mol. The molecule has 19 heavy (non-hydrogen) atoms. The number of nitrogens with zero attached hydrogens (tertiary/aromatic N) is 1. The van der Waals surface area contributed by atoms with E-state index >= 15 is 0 Å². The number of rotatable bonds is 3. The molecule has 0 saturated carbocycles. The van der Waals surface area contributed by atoms with Gasteiger partial charge in [-0.25, -0.2) is 0 Å². The molecule has 108 valence electrons. The topological polar surface area (TPSA) is 81.7 Å². The number of hydrogen-bond acceptors (Lipinski definition) is 4. The van der Waals surface area contributed by atoms with Crippen LogP contribution in [0, 0.1) is 5.92 Å². The van der Waals surface area contributed by atoms with Crippen LogP contribution < -0.4 is 10.6 Å². The molecule has 2 rings (SSSR count). The van der Waals surface area contributed by atoms with Crippen molar-refractivity contribution in [2.24, 2.45) is 5.92 Å². The van der Waals surface area contributed by atoms with Crippen LogP contribution in [0.15, 0.2) is 0 Å². The van der Waals surface area contributed by atoms with E-state index in [1.165, 1.54) is 11.8 Å². The summed E-state index contributed by atoms with van der Waals surface area (Å²) >= 11 is 0. The molecule has 2 amide bonds. The Morgan fingerprint density at radius 3 is 2.74 bits per heavy atom. The van der Waals surface area contributed by atoms with Crippen molar-refractivity contribution in [3.63, 3.8) is 0 Å². The minimum absolute atomic E-state index is 0.0763. The molecule has 0 aromatic carbocycles. The average Bonchev–Trinajstić information content (AvgIpc) is 2.39. The summed E-state index contributed by atoms with van der Waals surface area (Å²) in [6, 6.07) is 0. The van der Waals surface area contributed by atoms with Crippen LogP contribution >= 0.6 is 0 Å². The third-order valence-corrected chi connectivity index (χ3v) is 3.92. The highest BCUT2D eigenvalue weighted by atomic mass is 16.3. The third-order valence-electron chi connectivity index (χ3n) is 3.92. The largest absolute Gasteiger partial charge is 0.354 e. The van der Waals surface area contributed by atoms with Crippen molar-refractivity contribution < 1.29 is 14.7 Å². The number of carbonyl (C=O) groups is 2. The Morgan fingerprint density at radius 2 is 2.11 bits per heavy atom.